The van der Waals surface area contributed by atoms with Crippen molar-refractivity contribution in [3.8, 4) is 0 Å². The average Bonchev–Trinajstić information content (AvgIpc) is 2.56. The van der Waals surface area contributed by atoms with Gasteiger partial charge in [0.1, 0.15) is 0 Å². The van der Waals surface area contributed by atoms with Gasteiger partial charge < -0.3 is 29.8 Å². The minimum Gasteiger partial charge on any atom is -0.550 e. The standard InChI is InChI=1S/C21H43N3O4/c1-5-6-7-9-12-15-28-16-13-10-8-11-14-22-21(27)23-19(17-20(25)26)18-24(2,3)4/h19H,5-18H2,1-4H3,(H2-,22,23,25,26,27)/t19-/m1/s1. The van der Waals surface area contributed by atoms with Crippen molar-refractivity contribution >= 4 is 12.0 Å². The van der Waals surface area contributed by atoms with E-state index in [9.17, 15) is 14.7 Å². The molecule has 28 heavy (non-hydrogen) atoms. The Labute approximate surface area is 171 Å². The Hall–Kier alpha value is -1.34. The third kappa shape index (κ3) is 19.4. The van der Waals surface area contributed by atoms with Crippen LogP contribution in [0.2, 0.25) is 0 Å². The number of carboxylic acid groups (broad SMARTS) is 1. The number of carbonyl (C=O) groups is 2. The van der Waals surface area contributed by atoms with E-state index in [0.717, 1.165) is 45.3 Å². The summed E-state index contributed by atoms with van der Waals surface area (Å²) >= 11 is 0. The second kappa shape index (κ2) is 16.6. The van der Waals surface area contributed by atoms with Gasteiger partial charge in [0.2, 0.25) is 0 Å². The van der Waals surface area contributed by atoms with Crippen LogP contribution in [0.25, 0.3) is 0 Å². The number of carbonyl (C=O) groups excluding carboxylic acids is 2. The van der Waals surface area contributed by atoms with Gasteiger partial charge in [-0.05, 0) is 19.3 Å². The molecule has 7 heteroatoms. The smallest absolute Gasteiger partial charge is 0.315 e. The van der Waals surface area contributed by atoms with E-state index in [2.05, 4.69) is 17.6 Å². The third-order valence-corrected chi connectivity index (χ3v) is 4.41. The van der Waals surface area contributed by atoms with E-state index in [1.54, 1.807) is 0 Å². The lowest BCUT2D eigenvalue weighted by molar-refractivity contribution is -0.871. The number of hydrogen-bond acceptors (Lipinski definition) is 4. The first kappa shape index (κ1) is 26.7. The van der Waals surface area contributed by atoms with Gasteiger partial charge in [0.25, 0.3) is 0 Å². The van der Waals surface area contributed by atoms with Crippen LogP contribution in [0.15, 0.2) is 0 Å². The normalized spacial score (nSPS) is 12.6. The van der Waals surface area contributed by atoms with Crippen molar-refractivity contribution in [3.05, 3.63) is 0 Å². The van der Waals surface area contributed by atoms with Gasteiger partial charge in [-0.2, -0.15) is 0 Å². The minimum absolute atomic E-state index is 0.179. The number of amides is 2. The molecule has 0 saturated heterocycles. The summed E-state index contributed by atoms with van der Waals surface area (Å²) < 4.78 is 6.21. The predicted molar refractivity (Wildman–Crippen MR) is 111 cm³/mol. The van der Waals surface area contributed by atoms with Crippen LogP contribution in [0.1, 0.15) is 71.1 Å². The molecule has 7 nitrogen and oxygen atoms in total. The van der Waals surface area contributed by atoms with Gasteiger partial charge >= 0.3 is 6.03 Å². The number of unbranched alkanes of at least 4 members (excludes halogenated alkanes) is 7. The van der Waals surface area contributed by atoms with E-state index in [1.165, 1.54) is 25.7 Å². The summed E-state index contributed by atoms with van der Waals surface area (Å²) in [6.45, 7) is 5.02. The van der Waals surface area contributed by atoms with Gasteiger partial charge in [-0.25, -0.2) is 4.79 Å². The molecule has 0 aliphatic heterocycles. The Morgan fingerprint density at radius 1 is 0.929 bits per heavy atom. The van der Waals surface area contributed by atoms with Gasteiger partial charge in [-0.15, -0.1) is 0 Å². The van der Waals surface area contributed by atoms with Gasteiger partial charge in [0.05, 0.1) is 33.7 Å². The van der Waals surface area contributed by atoms with Crippen molar-refractivity contribution in [1.29, 1.82) is 0 Å². The number of rotatable bonds is 18. The molecule has 0 aliphatic carbocycles. The van der Waals surface area contributed by atoms with Crippen LogP contribution >= 0.6 is 0 Å². The van der Waals surface area contributed by atoms with Gasteiger partial charge in [0.15, 0.2) is 0 Å². The van der Waals surface area contributed by atoms with Crippen LogP contribution in [-0.4, -0.2) is 70.0 Å². The van der Waals surface area contributed by atoms with Crippen LogP contribution in [-0.2, 0) is 9.53 Å². The van der Waals surface area contributed by atoms with Crippen LogP contribution in [0, 0.1) is 0 Å². The molecular formula is C21H43N3O4. The fourth-order valence-electron chi connectivity index (χ4n) is 3.05. The number of nitrogens with zero attached hydrogens (tertiary/aromatic N) is 1. The Balaban J connectivity index is 3.63. The summed E-state index contributed by atoms with van der Waals surface area (Å²) in [5.74, 6) is -1.15. The van der Waals surface area contributed by atoms with Crippen LogP contribution in [0.4, 0.5) is 4.79 Å². The van der Waals surface area contributed by atoms with Gasteiger partial charge in [-0.3, -0.25) is 0 Å². The molecule has 166 valence electrons. The van der Waals surface area contributed by atoms with Gasteiger partial charge in [0, 0.05) is 32.1 Å². The Morgan fingerprint density at radius 3 is 2.04 bits per heavy atom. The van der Waals surface area contributed by atoms with E-state index in [1.807, 2.05) is 21.1 Å². The summed E-state index contributed by atoms with van der Waals surface area (Å²) in [5, 5.41) is 16.4. The lowest BCUT2D eigenvalue weighted by atomic mass is 10.2. The quantitative estimate of drug-likeness (QED) is 0.272. The number of likely N-dealkylation sites (N-methyl/N-ethyl adjacent to an activating group) is 1. The number of urea groups is 1. The molecule has 0 rings (SSSR count). The topological polar surface area (TPSA) is 90.5 Å². The lowest BCUT2D eigenvalue weighted by Gasteiger charge is -2.30. The summed E-state index contributed by atoms with van der Waals surface area (Å²) in [6, 6.07) is -0.754. The number of carboxylic acids is 1. The predicted octanol–water partition coefficient (Wildman–Crippen LogP) is 2.05. The Morgan fingerprint density at radius 2 is 1.50 bits per heavy atom. The highest BCUT2D eigenvalue weighted by molar-refractivity contribution is 5.75. The first-order chi connectivity index (χ1) is 13.2. The van der Waals surface area contributed by atoms with Crippen LogP contribution in [0.5, 0.6) is 0 Å². The van der Waals surface area contributed by atoms with Crippen LogP contribution in [0.3, 0.4) is 0 Å². The molecule has 0 aromatic carbocycles. The van der Waals surface area contributed by atoms with E-state index in [0.29, 0.717) is 17.6 Å². The molecule has 0 radical (unpaired) electrons. The summed E-state index contributed by atoms with van der Waals surface area (Å²) in [7, 11) is 5.87. The average molecular weight is 402 g/mol. The Bertz CT molecular complexity index is 411. The van der Waals surface area contributed by atoms with Gasteiger partial charge in [-0.1, -0.05) is 45.4 Å². The molecule has 2 amide bonds. The van der Waals surface area contributed by atoms with Crippen molar-refractivity contribution in [2.45, 2.75) is 77.2 Å². The molecule has 0 unspecified atom stereocenters. The van der Waals surface area contributed by atoms with E-state index < -0.39 is 12.0 Å². The van der Waals surface area contributed by atoms with Crippen molar-refractivity contribution in [3.63, 3.8) is 0 Å². The largest absolute Gasteiger partial charge is 0.550 e. The third-order valence-electron chi connectivity index (χ3n) is 4.41. The van der Waals surface area contributed by atoms with Crippen LogP contribution < -0.4 is 15.7 Å². The summed E-state index contributed by atoms with van der Waals surface area (Å²) in [5.41, 5.74) is 0. The second-order valence-corrected chi connectivity index (χ2v) is 8.59. The molecule has 0 aromatic rings. The fraction of sp³-hybridized carbons (Fsp3) is 0.905. The molecule has 0 aliphatic rings. The number of ether oxygens (including phenoxy) is 1. The lowest BCUT2D eigenvalue weighted by Crippen LogP contribution is -2.53. The Kier molecular flexibility index (Phi) is 15.8. The minimum atomic E-state index is -1.15. The SMILES string of the molecule is CCCCCCCOCCCCCCNC(=O)N[C@H](CC(=O)[O-])C[N+](C)(C)C. The van der Waals surface area contributed by atoms with Crippen molar-refractivity contribution in [2.75, 3.05) is 47.4 Å². The number of aliphatic carboxylic acids is 1. The van der Waals surface area contributed by atoms with Crippen molar-refractivity contribution < 1.29 is 23.9 Å². The fourth-order valence-corrected chi connectivity index (χ4v) is 3.05. The monoisotopic (exact) mass is 401 g/mol. The molecule has 0 fully saturated rings. The van der Waals surface area contributed by atoms with E-state index >= 15 is 0 Å². The number of nitrogens with one attached hydrogen (secondary N) is 2. The zero-order valence-corrected chi connectivity index (χ0v) is 18.6. The maximum absolute atomic E-state index is 12.0. The first-order valence-electron chi connectivity index (χ1n) is 10.9. The molecule has 2 N–H and O–H groups in total. The zero-order chi connectivity index (χ0) is 21.3. The maximum Gasteiger partial charge on any atom is 0.315 e. The van der Waals surface area contributed by atoms with E-state index in [-0.39, 0.29) is 12.5 Å². The maximum atomic E-state index is 12.0. The molecule has 0 heterocycles. The molecule has 1 atom stereocenters. The number of hydrogen-bond donors (Lipinski definition) is 2. The highest BCUT2D eigenvalue weighted by atomic mass is 16.5. The summed E-state index contributed by atoms with van der Waals surface area (Å²) in [6.07, 6.45) is 10.2. The van der Waals surface area contributed by atoms with Crippen molar-refractivity contribution in [1.82, 2.24) is 10.6 Å². The zero-order valence-electron chi connectivity index (χ0n) is 18.6. The highest BCUT2D eigenvalue weighted by Crippen LogP contribution is 2.04. The highest BCUT2D eigenvalue weighted by Gasteiger charge is 2.20. The molecule has 0 saturated carbocycles. The molecule has 0 bridgehead atoms. The molecular weight excluding hydrogens is 358 g/mol. The molecule has 0 spiro atoms. The summed E-state index contributed by atoms with van der Waals surface area (Å²) in [4.78, 5) is 22.8. The van der Waals surface area contributed by atoms with Crippen molar-refractivity contribution in [2.24, 2.45) is 0 Å². The first-order valence-corrected chi connectivity index (χ1v) is 10.9. The molecule has 0 aromatic heterocycles. The second-order valence-electron chi connectivity index (χ2n) is 8.59. The number of quaternary nitrogens is 1. The van der Waals surface area contributed by atoms with E-state index in [4.69, 9.17) is 4.74 Å².